The normalized spacial score (nSPS) is 14.0. The zero-order valence-corrected chi connectivity index (χ0v) is 15.5. The van der Waals surface area contributed by atoms with Crippen LogP contribution in [0.2, 0.25) is 0 Å². The summed E-state index contributed by atoms with van der Waals surface area (Å²) < 4.78 is 0. The first-order valence-electron chi connectivity index (χ1n) is 8.71. The number of benzene rings is 1. The standard InChI is InChI=1S/C19H27N3O4/c1-4-13(2)10-15(20-3)18(25)19(26)21-11-17(24)22-16(12-23)14-8-6-5-7-9-14/h5-9,12-13,15-16,20H,4,10-11H2,1-3H3,(H,21,26)(H,22,24). The fourth-order valence-corrected chi connectivity index (χ4v) is 2.41. The molecule has 0 bridgehead atoms. The summed E-state index contributed by atoms with van der Waals surface area (Å²) in [6.07, 6.45) is 2.07. The van der Waals surface area contributed by atoms with Gasteiger partial charge in [0.05, 0.1) is 12.6 Å². The van der Waals surface area contributed by atoms with Gasteiger partial charge in [-0.15, -0.1) is 0 Å². The van der Waals surface area contributed by atoms with Crippen LogP contribution in [0.25, 0.3) is 0 Å². The van der Waals surface area contributed by atoms with Crippen molar-refractivity contribution < 1.29 is 19.2 Å². The third-order valence-corrected chi connectivity index (χ3v) is 4.24. The van der Waals surface area contributed by atoms with E-state index in [4.69, 9.17) is 0 Å². The van der Waals surface area contributed by atoms with Gasteiger partial charge in [0.1, 0.15) is 12.3 Å². The molecule has 0 aliphatic heterocycles. The Morgan fingerprint density at radius 1 is 1.15 bits per heavy atom. The number of amides is 2. The van der Waals surface area contributed by atoms with Crippen LogP contribution >= 0.6 is 0 Å². The highest BCUT2D eigenvalue weighted by molar-refractivity contribution is 6.38. The molecule has 0 aliphatic rings. The molecule has 0 heterocycles. The van der Waals surface area contributed by atoms with Crippen LogP contribution in [0.15, 0.2) is 30.3 Å². The lowest BCUT2D eigenvalue weighted by molar-refractivity contribution is -0.139. The molecule has 0 spiro atoms. The van der Waals surface area contributed by atoms with Crippen LogP contribution in [0.4, 0.5) is 0 Å². The molecule has 0 aliphatic carbocycles. The van der Waals surface area contributed by atoms with Crippen LogP contribution in [0, 0.1) is 5.92 Å². The van der Waals surface area contributed by atoms with Crippen LogP contribution in [-0.4, -0.2) is 43.5 Å². The number of carbonyl (C=O) groups is 4. The Bertz CT molecular complexity index is 618. The molecular weight excluding hydrogens is 334 g/mol. The van der Waals surface area contributed by atoms with Crippen molar-refractivity contribution in [1.82, 2.24) is 16.0 Å². The molecule has 1 rings (SSSR count). The largest absolute Gasteiger partial charge is 0.341 e. The van der Waals surface area contributed by atoms with E-state index < -0.39 is 29.7 Å². The smallest absolute Gasteiger partial charge is 0.289 e. The minimum Gasteiger partial charge on any atom is -0.341 e. The molecule has 3 N–H and O–H groups in total. The van der Waals surface area contributed by atoms with Crippen molar-refractivity contribution in [3.8, 4) is 0 Å². The molecule has 26 heavy (non-hydrogen) atoms. The van der Waals surface area contributed by atoms with E-state index in [-0.39, 0.29) is 6.54 Å². The maximum atomic E-state index is 12.2. The van der Waals surface area contributed by atoms with E-state index in [1.807, 2.05) is 13.8 Å². The van der Waals surface area contributed by atoms with Gasteiger partial charge in [0.15, 0.2) is 0 Å². The van der Waals surface area contributed by atoms with E-state index in [0.29, 0.717) is 24.2 Å². The van der Waals surface area contributed by atoms with Crippen LogP contribution in [0.1, 0.15) is 38.3 Å². The van der Waals surface area contributed by atoms with Gasteiger partial charge in [-0.05, 0) is 24.9 Å². The van der Waals surface area contributed by atoms with Crippen LogP contribution in [-0.2, 0) is 19.2 Å². The number of hydrogen-bond acceptors (Lipinski definition) is 5. The van der Waals surface area contributed by atoms with Crippen molar-refractivity contribution in [2.24, 2.45) is 5.92 Å². The molecule has 1 aromatic rings. The van der Waals surface area contributed by atoms with Gasteiger partial charge < -0.3 is 20.7 Å². The summed E-state index contributed by atoms with van der Waals surface area (Å²) in [5.74, 6) is -1.66. The van der Waals surface area contributed by atoms with Crippen molar-refractivity contribution >= 4 is 23.9 Å². The van der Waals surface area contributed by atoms with E-state index in [1.54, 1.807) is 37.4 Å². The van der Waals surface area contributed by atoms with E-state index in [1.165, 1.54) is 0 Å². The van der Waals surface area contributed by atoms with E-state index in [0.717, 1.165) is 6.42 Å². The van der Waals surface area contributed by atoms with Gasteiger partial charge in [-0.25, -0.2) is 0 Å². The summed E-state index contributed by atoms with van der Waals surface area (Å²) >= 11 is 0. The molecule has 2 amide bonds. The molecule has 0 radical (unpaired) electrons. The summed E-state index contributed by atoms with van der Waals surface area (Å²) in [7, 11) is 1.62. The van der Waals surface area contributed by atoms with Gasteiger partial charge in [-0.3, -0.25) is 14.4 Å². The first kappa shape index (κ1) is 21.5. The second-order valence-electron chi connectivity index (χ2n) is 6.23. The Hall–Kier alpha value is -2.54. The van der Waals surface area contributed by atoms with Crippen molar-refractivity contribution in [1.29, 1.82) is 0 Å². The van der Waals surface area contributed by atoms with Gasteiger partial charge in [0.25, 0.3) is 5.91 Å². The topological polar surface area (TPSA) is 104 Å². The number of Topliss-reactive ketones (excluding diaryl/α,β-unsaturated/α-hetero) is 1. The molecule has 7 nitrogen and oxygen atoms in total. The maximum absolute atomic E-state index is 12.2. The zero-order valence-electron chi connectivity index (χ0n) is 15.5. The van der Waals surface area contributed by atoms with Crippen molar-refractivity contribution in [2.75, 3.05) is 13.6 Å². The van der Waals surface area contributed by atoms with Gasteiger partial charge in [-0.2, -0.15) is 0 Å². The van der Waals surface area contributed by atoms with Crippen LogP contribution in [0.3, 0.4) is 0 Å². The molecule has 0 saturated carbocycles. The first-order valence-corrected chi connectivity index (χ1v) is 8.71. The van der Waals surface area contributed by atoms with Crippen molar-refractivity contribution in [3.05, 3.63) is 35.9 Å². The summed E-state index contributed by atoms with van der Waals surface area (Å²) in [5.41, 5.74) is 0.641. The number of likely N-dealkylation sites (N-methyl/N-ethyl adjacent to an activating group) is 1. The van der Waals surface area contributed by atoms with Gasteiger partial charge >= 0.3 is 0 Å². The summed E-state index contributed by atoms with van der Waals surface area (Å²) in [4.78, 5) is 47.3. The Kier molecular flexibility index (Phi) is 9.22. The van der Waals surface area contributed by atoms with E-state index >= 15 is 0 Å². The highest BCUT2D eigenvalue weighted by Gasteiger charge is 2.25. The lowest BCUT2D eigenvalue weighted by Crippen LogP contribution is -2.47. The van der Waals surface area contributed by atoms with E-state index in [9.17, 15) is 19.2 Å². The predicted octanol–water partition coefficient (Wildman–Crippen LogP) is 0.752. The average Bonchev–Trinajstić information content (AvgIpc) is 2.68. The minimum atomic E-state index is -0.815. The second-order valence-corrected chi connectivity index (χ2v) is 6.23. The molecule has 0 aromatic heterocycles. The highest BCUT2D eigenvalue weighted by atomic mass is 16.2. The maximum Gasteiger partial charge on any atom is 0.289 e. The second kappa shape index (κ2) is 11.1. The number of rotatable bonds is 11. The number of hydrogen-bond donors (Lipinski definition) is 3. The quantitative estimate of drug-likeness (QED) is 0.399. The highest BCUT2D eigenvalue weighted by Crippen LogP contribution is 2.11. The number of aldehydes is 1. The molecule has 142 valence electrons. The Balaban J connectivity index is 2.53. The molecular formula is C19H27N3O4. The third-order valence-electron chi connectivity index (χ3n) is 4.24. The SMILES string of the molecule is CCC(C)CC(NC)C(=O)C(=O)NCC(=O)NC(C=O)c1ccccc1. The van der Waals surface area contributed by atoms with Gasteiger partial charge in [0.2, 0.25) is 11.7 Å². The van der Waals surface area contributed by atoms with Crippen molar-refractivity contribution in [2.45, 2.75) is 38.8 Å². The molecule has 0 saturated heterocycles. The molecule has 0 fully saturated rings. The van der Waals surface area contributed by atoms with Gasteiger partial charge in [-0.1, -0.05) is 50.6 Å². The first-order chi connectivity index (χ1) is 12.4. The predicted molar refractivity (Wildman–Crippen MR) is 98.3 cm³/mol. The van der Waals surface area contributed by atoms with Crippen LogP contribution in [0.5, 0.6) is 0 Å². The summed E-state index contributed by atoms with van der Waals surface area (Å²) in [5, 5.41) is 7.67. The molecule has 3 unspecified atom stereocenters. The molecule has 1 aromatic carbocycles. The summed E-state index contributed by atoms with van der Waals surface area (Å²) in [6.45, 7) is 3.65. The molecule has 3 atom stereocenters. The Morgan fingerprint density at radius 2 is 1.81 bits per heavy atom. The summed E-state index contributed by atoms with van der Waals surface area (Å²) in [6, 6.07) is 7.37. The Morgan fingerprint density at radius 3 is 2.35 bits per heavy atom. The fraction of sp³-hybridized carbons (Fsp3) is 0.474. The average molecular weight is 361 g/mol. The lowest BCUT2D eigenvalue weighted by atomic mass is 9.96. The van der Waals surface area contributed by atoms with Gasteiger partial charge in [0, 0.05) is 0 Å². The fourth-order valence-electron chi connectivity index (χ4n) is 2.41. The lowest BCUT2D eigenvalue weighted by Gasteiger charge is -2.18. The molecule has 7 heteroatoms. The number of nitrogens with one attached hydrogen (secondary N) is 3. The van der Waals surface area contributed by atoms with Crippen molar-refractivity contribution in [3.63, 3.8) is 0 Å². The van der Waals surface area contributed by atoms with Crippen LogP contribution < -0.4 is 16.0 Å². The Labute approximate surface area is 153 Å². The third kappa shape index (κ3) is 6.76. The number of carbonyl (C=O) groups excluding carboxylic acids is 4. The van der Waals surface area contributed by atoms with E-state index in [2.05, 4.69) is 16.0 Å². The number of ketones is 1. The monoisotopic (exact) mass is 361 g/mol. The zero-order chi connectivity index (χ0) is 19.5. The minimum absolute atomic E-state index is 0.298.